The van der Waals surface area contributed by atoms with Gasteiger partial charge in [-0.1, -0.05) is 0 Å². The van der Waals surface area contributed by atoms with Gasteiger partial charge in [-0.3, -0.25) is 0 Å². The Morgan fingerprint density at radius 1 is 0.595 bits per heavy atom. The van der Waals surface area contributed by atoms with Crippen LogP contribution in [0, 0.1) is 0 Å². The number of carbonyl (C=O) groups is 4. The van der Waals surface area contributed by atoms with E-state index >= 15 is 0 Å². The fourth-order valence-electron chi connectivity index (χ4n) is 2.93. The summed E-state index contributed by atoms with van der Waals surface area (Å²) in [5.41, 5.74) is -2.20. The van der Waals surface area contributed by atoms with E-state index in [0.717, 1.165) is 0 Å². The largest absolute Gasteiger partial charge is 0.488 e. The second kappa shape index (κ2) is 15.8. The van der Waals surface area contributed by atoms with E-state index in [0.29, 0.717) is 0 Å². The third-order valence-corrected chi connectivity index (χ3v) is 4.34. The van der Waals surface area contributed by atoms with Gasteiger partial charge >= 0.3 is 24.2 Å². The number of ether oxygens (including phenoxy) is 6. The predicted octanol–water partition coefficient (Wildman–Crippen LogP) is 4.10. The number of carboxylic acid groups (broad SMARTS) is 1. The maximum absolute atomic E-state index is 12.0. The predicted molar refractivity (Wildman–Crippen MR) is 153 cm³/mol. The molecular weight excluding hydrogens is 554 g/mol. The van der Waals surface area contributed by atoms with Gasteiger partial charge in [0.05, 0.1) is 25.2 Å². The highest BCUT2D eigenvalue weighted by Crippen LogP contribution is 2.39. The van der Waals surface area contributed by atoms with Crippen molar-refractivity contribution in [3.05, 3.63) is 17.7 Å². The fourth-order valence-corrected chi connectivity index (χ4v) is 2.93. The fraction of sp³-hybridized carbons (Fsp3) is 0.643. The van der Waals surface area contributed by atoms with Crippen LogP contribution in [0.15, 0.2) is 12.1 Å². The summed E-state index contributed by atoms with van der Waals surface area (Å²) in [6.07, 6.45) is -1.92. The van der Waals surface area contributed by atoms with Crippen LogP contribution in [0.5, 0.6) is 17.2 Å². The first-order valence-corrected chi connectivity index (χ1v) is 13.5. The molecule has 0 radical (unpaired) electrons. The Bertz CT molecular complexity index is 1010. The monoisotopic (exact) mass is 599 g/mol. The Morgan fingerprint density at radius 2 is 0.905 bits per heavy atom. The molecule has 0 unspecified atom stereocenters. The molecule has 14 nitrogen and oxygen atoms in total. The maximum Gasteiger partial charge on any atom is 0.407 e. The van der Waals surface area contributed by atoms with Crippen molar-refractivity contribution in [2.75, 3.05) is 39.5 Å². The highest BCUT2D eigenvalue weighted by Gasteiger charge is 2.21. The molecule has 1 aromatic rings. The van der Waals surface area contributed by atoms with Gasteiger partial charge in [0.15, 0.2) is 11.5 Å². The van der Waals surface area contributed by atoms with Crippen LogP contribution in [-0.4, -0.2) is 85.6 Å². The number of alkyl carbamates (subject to hydrolysis) is 3. The molecule has 0 atom stereocenters. The minimum atomic E-state index is -1.25. The molecule has 0 heterocycles. The third kappa shape index (κ3) is 16.2. The highest BCUT2D eigenvalue weighted by atomic mass is 16.6. The topological polar surface area (TPSA) is 180 Å². The molecule has 4 N–H and O–H groups in total. The number of benzene rings is 1. The summed E-state index contributed by atoms with van der Waals surface area (Å²) in [6, 6.07) is 2.50. The number of nitrogens with one attached hydrogen (secondary N) is 3. The minimum absolute atomic E-state index is 0.0215. The van der Waals surface area contributed by atoms with Crippen LogP contribution in [-0.2, 0) is 14.2 Å². The van der Waals surface area contributed by atoms with E-state index in [-0.39, 0.29) is 62.3 Å². The zero-order chi connectivity index (χ0) is 32.1. The van der Waals surface area contributed by atoms with Crippen LogP contribution in [0.1, 0.15) is 72.7 Å². The van der Waals surface area contributed by atoms with E-state index in [4.69, 9.17) is 28.4 Å². The van der Waals surface area contributed by atoms with E-state index in [1.165, 1.54) is 12.1 Å². The van der Waals surface area contributed by atoms with Gasteiger partial charge in [0.1, 0.15) is 36.6 Å². The van der Waals surface area contributed by atoms with Gasteiger partial charge in [0.25, 0.3) is 0 Å². The second-order valence-corrected chi connectivity index (χ2v) is 11.9. The van der Waals surface area contributed by atoms with Gasteiger partial charge in [-0.05, 0) is 74.4 Å². The number of hydrogen-bond acceptors (Lipinski definition) is 10. The van der Waals surface area contributed by atoms with Crippen molar-refractivity contribution in [2.24, 2.45) is 0 Å². The average molecular weight is 600 g/mol. The first-order chi connectivity index (χ1) is 19.3. The number of carboxylic acids is 1. The lowest BCUT2D eigenvalue weighted by Gasteiger charge is -2.21. The molecule has 238 valence electrons. The summed E-state index contributed by atoms with van der Waals surface area (Å²) in [6.45, 7) is 15.5. The highest BCUT2D eigenvalue weighted by molar-refractivity contribution is 5.89. The van der Waals surface area contributed by atoms with Crippen molar-refractivity contribution in [3.8, 4) is 17.2 Å². The van der Waals surface area contributed by atoms with E-state index < -0.39 is 41.1 Å². The maximum atomic E-state index is 12.0. The number of aromatic carboxylic acids is 1. The molecule has 1 aromatic carbocycles. The van der Waals surface area contributed by atoms with E-state index in [1.807, 2.05) is 0 Å². The zero-order valence-electron chi connectivity index (χ0n) is 25.9. The number of carbonyl (C=O) groups excluding carboxylic acids is 3. The first kappa shape index (κ1) is 35.9. The van der Waals surface area contributed by atoms with Crippen molar-refractivity contribution in [2.45, 2.75) is 79.1 Å². The molecule has 0 aliphatic heterocycles. The molecule has 0 aliphatic rings. The van der Waals surface area contributed by atoms with Gasteiger partial charge < -0.3 is 49.5 Å². The standard InChI is InChI=1S/C28H45N3O11/c1-26(2,3)40-23(34)29-10-13-37-19-16-18(22(32)33)17-20(38-14-11-30-24(35)41-27(4,5)6)21(19)39-15-12-31-25(36)42-28(7,8)9/h16-17H,10-15H2,1-9H3,(H,29,34)(H,30,35)(H,31,36)(H,32,33). The molecule has 0 fully saturated rings. The molecule has 42 heavy (non-hydrogen) atoms. The molecule has 0 saturated heterocycles. The summed E-state index contributed by atoms with van der Waals surface area (Å²) in [5.74, 6) is -1.15. The van der Waals surface area contributed by atoms with Gasteiger partial charge in [-0.2, -0.15) is 0 Å². The van der Waals surface area contributed by atoms with Gasteiger partial charge in [0.2, 0.25) is 5.75 Å². The summed E-state index contributed by atoms with van der Waals surface area (Å²) in [5, 5.41) is 17.3. The average Bonchev–Trinajstić information content (AvgIpc) is 2.79. The van der Waals surface area contributed by atoms with Crippen LogP contribution in [0.25, 0.3) is 0 Å². The lowest BCUT2D eigenvalue weighted by Crippen LogP contribution is -2.35. The van der Waals surface area contributed by atoms with Gasteiger partial charge in [-0.25, -0.2) is 19.2 Å². The summed E-state index contributed by atoms with van der Waals surface area (Å²) in [7, 11) is 0. The molecular formula is C28H45N3O11. The second-order valence-electron chi connectivity index (χ2n) is 11.9. The Hall–Kier alpha value is -4.10. The molecule has 0 saturated carbocycles. The van der Waals surface area contributed by atoms with Gasteiger partial charge in [0, 0.05) is 0 Å². The van der Waals surface area contributed by atoms with E-state index in [9.17, 15) is 24.3 Å². The lowest BCUT2D eigenvalue weighted by molar-refractivity contribution is 0.0505. The van der Waals surface area contributed by atoms with Crippen molar-refractivity contribution < 1.29 is 52.7 Å². The van der Waals surface area contributed by atoms with E-state index in [1.54, 1.807) is 62.3 Å². The quantitative estimate of drug-likeness (QED) is 0.189. The Labute approximate surface area is 246 Å². The van der Waals surface area contributed by atoms with Crippen LogP contribution >= 0.6 is 0 Å². The number of hydrogen-bond donors (Lipinski definition) is 4. The van der Waals surface area contributed by atoms with Crippen LogP contribution in [0.2, 0.25) is 0 Å². The number of rotatable bonds is 13. The molecule has 0 spiro atoms. The molecule has 14 heteroatoms. The molecule has 0 bridgehead atoms. The van der Waals surface area contributed by atoms with Gasteiger partial charge in [-0.15, -0.1) is 0 Å². The molecule has 1 rings (SSSR count). The van der Waals surface area contributed by atoms with Crippen LogP contribution in [0.3, 0.4) is 0 Å². The van der Waals surface area contributed by atoms with Crippen molar-refractivity contribution in [3.63, 3.8) is 0 Å². The molecule has 0 aromatic heterocycles. The Balaban J connectivity index is 3.02. The third-order valence-electron chi connectivity index (χ3n) is 4.34. The molecule has 0 aliphatic carbocycles. The van der Waals surface area contributed by atoms with Crippen LogP contribution in [0.4, 0.5) is 14.4 Å². The molecule has 3 amide bonds. The minimum Gasteiger partial charge on any atom is -0.488 e. The lowest BCUT2D eigenvalue weighted by atomic mass is 10.2. The summed E-state index contributed by atoms with van der Waals surface area (Å²) < 4.78 is 32.9. The number of amides is 3. The van der Waals surface area contributed by atoms with Crippen LogP contribution < -0.4 is 30.2 Å². The first-order valence-electron chi connectivity index (χ1n) is 13.5. The Kier molecular flexibility index (Phi) is 13.5. The summed E-state index contributed by atoms with van der Waals surface area (Å²) in [4.78, 5) is 47.6. The van der Waals surface area contributed by atoms with Crippen molar-refractivity contribution >= 4 is 24.2 Å². The Morgan fingerprint density at radius 3 is 1.19 bits per heavy atom. The zero-order valence-corrected chi connectivity index (χ0v) is 25.9. The van der Waals surface area contributed by atoms with Crippen molar-refractivity contribution in [1.29, 1.82) is 0 Å². The normalized spacial score (nSPS) is 11.5. The SMILES string of the molecule is CC(C)(C)OC(=O)NCCOc1cc(C(=O)O)cc(OCCNC(=O)OC(C)(C)C)c1OCCNC(=O)OC(C)(C)C. The van der Waals surface area contributed by atoms with Crippen molar-refractivity contribution in [1.82, 2.24) is 16.0 Å². The smallest absolute Gasteiger partial charge is 0.407 e. The summed E-state index contributed by atoms with van der Waals surface area (Å²) >= 11 is 0. The van der Waals surface area contributed by atoms with E-state index in [2.05, 4.69) is 16.0 Å².